The van der Waals surface area contributed by atoms with Crippen LogP contribution in [0.25, 0.3) is 11.1 Å². The summed E-state index contributed by atoms with van der Waals surface area (Å²) >= 11 is 0. The molecule has 8 heteroatoms. The summed E-state index contributed by atoms with van der Waals surface area (Å²) in [6.45, 7) is 25.6. The monoisotopic (exact) mass is 814 g/mol. The molecule has 0 amide bonds. The Bertz CT molecular complexity index is 2120. The maximum absolute atomic E-state index is 7.15. The SMILES string of the molecule is Cc1ccccc1OP(Oc1ccccc1C)Oc1c(C)cc(C(C)C)c(C)c1-c1c(C)c(C(C)C)cc(C)c1OP(Oc1ccccc1C)Oc1ccccc1C. The summed E-state index contributed by atoms with van der Waals surface area (Å²) in [7, 11) is -4.01. The van der Waals surface area contributed by atoms with Gasteiger partial charge in [-0.15, -0.1) is 0 Å². The number of para-hydroxylation sites is 4. The molecule has 0 radical (unpaired) electrons. The molecular weight excluding hydrogens is 758 g/mol. The molecule has 6 rings (SSSR count). The van der Waals surface area contributed by atoms with Crippen LogP contribution >= 0.6 is 17.2 Å². The molecule has 0 spiro atoms. The molecule has 0 aromatic heterocycles. The first-order valence-electron chi connectivity index (χ1n) is 19.9. The third kappa shape index (κ3) is 9.63. The van der Waals surface area contributed by atoms with Gasteiger partial charge in [-0.3, -0.25) is 0 Å². The Hall–Kier alpha value is -5.02. The van der Waals surface area contributed by atoms with Gasteiger partial charge >= 0.3 is 17.2 Å². The molecule has 58 heavy (non-hydrogen) atoms. The van der Waals surface area contributed by atoms with Crippen molar-refractivity contribution in [3.8, 4) is 45.6 Å². The first kappa shape index (κ1) is 42.6. The molecule has 0 saturated heterocycles. The highest BCUT2D eigenvalue weighted by Gasteiger charge is 2.32. The number of aryl methyl sites for hydroxylation is 6. The number of rotatable bonds is 15. The van der Waals surface area contributed by atoms with Gasteiger partial charge in [-0.25, -0.2) is 0 Å². The van der Waals surface area contributed by atoms with Crippen molar-refractivity contribution in [3.05, 3.63) is 165 Å². The molecule has 0 aliphatic heterocycles. The Balaban J connectivity index is 1.58. The lowest BCUT2D eigenvalue weighted by Gasteiger charge is -2.29. The Kier molecular flexibility index (Phi) is 13.7. The summed E-state index contributed by atoms with van der Waals surface area (Å²) in [5.74, 6) is 4.61. The number of hydrogen-bond donors (Lipinski definition) is 0. The summed E-state index contributed by atoms with van der Waals surface area (Å²) in [5, 5.41) is 0. The Morgan fingerprint density at radius 1 is 0.345 bits per heavy atom. The van der Waals surface area contributed by atoms with Crippen molar-refractivity contribution >= 4 is 17.2 Å². The van der Waals surface area contributed by atoms with Gasteiger partial charge in [0, 0.05) is 11.1 Å². The van der Waals surface area contributed by atoms with Crippen LogP contribution < -0.4 is 27.1 Å². The highest BCUT2D eigenvalue weighted by molar-refractivity contribution is 7.43. The van der Waals surface area contributed by atoms with E-state index in [0.717, 1.165) is 55.6 Å². The second-order valence-electron chi connectivity index (χ2n) is 15.6. The van der Waals surface area contributed by atoms with Crippen LogP contribution in [-0.2, 0) is 0 Å². The predicted octanol–water partition coefficient (Wildman–Crippen LogP) is 15.6. The summed E-state index contributed by atoms with van der Waals surface area (Å²) in [5.41, 5.74) is 12.3. The first-order chi connectivity index (χ1) is 27.7. The Morgan fingerprint density at radius 3 is 0.845 bits per heavy atom. The smallest absolute Gasteiger partial charge is 0.408 e. The number of benzene rings is 6. The molecule has 0 atom stereocenters. The highest BCUT2D eigenvalue weighted by Crippen LogP contribution is 2.55. The van der Waals surface area contributed by atoms with Crippen LogP contribution in [-0.4, -0.2) is 0 Å². The Labute approximate surface area is 348 Å². The van der Waals surface area contributed by atoms with Crippen LogP contribution in [0.1, 0.15) is 95.2 Å². The topological polar surface area (TPSA) is 55.4 Å². The quantitative estimate of drug-likeness (QED) is 0.0963. The molecule has 0 unspecified atom stereocenters. The van der Waals surface area contributed by atoms with Crippen molar-refractivity contribution in [2.75, 3.05) is 0 Å². The molecule has 6 aromatic carbocycles. The molecule has 0 aliphatic rings. The van der Waals surface area contributed by atoms with Crippen LogP contribution in [0, 0.1) is 55.4 Å². The fraction of sp³-hybridized carbons (Fsp3) is 0.280. The third-order valence-electron chi connectivity index (χ3n) is 10.4. The minimum atomic E-state index is -2.01. The molecule has 0 aliphatic carbocycles. The van der Waals surface area contributed by atoms with E-state index in [-0.39, 0.29) is 11.8 Å². The lowest BCUT2D eigenvalue weighted by atomic mass is 9.83. The second-order valence-corrected chi connectivity index (χ2v) is 17.6. The minimum absolute atomic E-state index is 0.240. The van der Waals surface area contributed by atoms with E-state index in [9.17, 15) is 0 Å². The largest absolute Gasteiger partial charge is 0.530 e. The molecule has 0 heterocycles. The zero-order valence-corrected chi connectivity index (χ0v) is 37.7. The van der Waals surface area contributed by atoms with E-state index in [1.807, 2.05) is 125 Å². The zero-order chi connectivity index (χ0) is 41.7. The fourth-order valence-corrected chi connectivity index (χ4v) is 9.55. The summed E-state index contributed by atoms with van der Waals surface area (Å²) in [6, 6.07) is 36.2. The molecule has 0 N–H and O–H groups in total. The highest BCUT2D eigenvalue weighted by atomic mass is 31.2. The third-order valence-corrected chi connectivity index (χ3v) is 12.5. The molecule has 6 nitrogen and oxygen atoms in total. The van der Waals surface area contributed by atoms with E-state index in [1.165, 1.54) is 11.1 Å². The van der Waals surface area contributed by atoms with Crippen LogP contribution in [0.2, 0.25) is 0 Å². The fourth-order valence-electron chi connectivity index (χ4n) is 7.09. The van der Waals surface area contributed by atoms with E-state index in [0.29, 0.717) is 34.5 Å². The van der Waals surface area contributed by atoms with Gasteiger partial charge < -0.3 is 27.1 Å². The normalized spacial score (nSPS) is 11.4. The average Bonchev–Trinajstić information content (AvgIpc) is 3.18. The van der Waals surface area contributed by atoms with Crippen molar-refractivity contribution in [2.24, 2.45) is 0 Å². The Morgan fingerprint density at radius 2 is 0.603 bits per heavy atom. The van der Waals surface area contributed by atoms with Crippen LogP contribution in [0.4, 0.5) is 0 Å². The molecule has 0 saturated carbocycles. The van der Waals surface area contributed by atoms with Gasteiger partial charge in [0.1, 0.15) is 34.5 Å². The van der Waals surface area contributed by atoms with Crippen molar-refractivity contribution in [2.45, 2.75) is 94.9 Å². The zero-order valence-electron chi connectivity index (χ0n) is 35.9. The van der Waals surface area contributed by atoms with Gasteiger partial charge in [-0.05, 0) is 147 Å². The molecular formula is C50H56O6P2. The van der Waals surface area contributed by atoms with E-state index in [1.54, 1.807) is 0 Å². The van der Waals surface area contributed by atoms with E-state index < -0.39 is 17.2 Å². The predicted molar refractivity (Wildman–Crippen MR) is 241 cm³/mol. The maximum atomic E-state index is 7.15. The summed E-state index contributed by atoms with van der Waals surface area (Å²) in [4.78, 5) is 0. The first-order valence-corrected chi connectivity index (χ1v) is 22.1. The van der Waals surface area contributed by atoms with Gasteiger partial charge in [0.05, 0.1) is 0 Å². The van der Waals surface area contributed by atoms with Crippen molar-refractivity contribution in [1.29, 1.82) is 0 Å². The summed E-state index contributed by atoms with van der Waals surface area (Å²) < 4.78 is 41.1. The van der Waals surface area contributed by atoms with Gasteiger partial charge in [-0.1, -0.05) is 113 Å². The van der Waals surface area contributed by atoms with Crippen LogP contribution in [0.15, 0.2) is 109 Å². The molecule has 6 aromatic rings. The van der Waals surface area contributed by atoms with Gasteiger partial charge in [0.2, 0.25) is 0 Å². The van der Waals surface area contributed by atoms with Gasteiger partial charge in [0.15, 0.2) is 0 Å². The van der Waals surface area contributed by atoms with Crippen LogP contribution in [0.3, 0.4) is 0 Å². The lowest BCUT2D eigenvalue weighted by Crippen LogP contribution is -2.10. The van der Waals surface area contributed by atoms with Crippen molar-refractivity contribution in [1.82, 2.24) is 0 Å². The second kappa shape index (κ2) is 18.7. The van der Waals surface area contributed by atoms with E-state index in [2.05, 4.69) is 67.5 Å². The summed E-state index contributed by atoms with van der Waals surface area (Å²) in [6.07, 6.45) is 0. The van der Waals surface area contributed by atoms with E-state index >= 15 is 0 Å². The lowest BCUT2D eigenvalue weighted by molar-refractivity contribution is 0.382. The average molecular weight is 815 g/mol. The molecule has 0 fully saturated rings. The van der Waals surface area contributed by atoms with E-state index in [4.69, 9.17) is 27.1 Å². The standard InChI is InChI=1S/C50H56O6P2/c1-31(2)41-29-37(9)49(55-57(51-43-25-17-13-21-33(43)5)52-44-26-18-14-22-34(44)6)47(39(41)11)48-40(12)42(32(3)4)30-38(10)50(48)56-58(53-45-27-19-15-23-35(45)7)54-46-28-20-16-24-36(46)8/h13-32H,1-12H3. The van der Waals surface area contributed by atoms with Gasteiger partial charge in [-0.2, -0.15) is 0 Å². The van der Waals surface area contributed by atoms with Crippen molar-refractivity contribution in [3.63, 3.8) is 0 Å². The molecule has 302 valence electrons. The van der Waals surface area contributed by atoms with Crippen LogP contribution in [0.5, 0.6) is 34.5 Å². The molecule has 0 bridgehead atoms. The maximum Gasteiger partial charge on any atom is 0.530 e. The number of hydrogen-bond acceptors (Lipinski definition) is 6. The van der Waals surface area contributed by atoms with Gasteiger partial charge in [0.25, 0.3) is 0 Å². The minimum Gasteiger partial charge on any atom is -0.408 e. The van der Waals surface area contributed by atoms with Crippen molar-refractivity contribution < 1.29 is 27.1 Å².